The maximum atomic E-state index is 13.1. The molecule has 0 saturated carbocycles. The zero-order valence-corrected chi connectivity index (χ0v) is 16.0. The van der Waals surface area contributed by atoms with E-state index in [1.165, 1.54) is 9.80 Å². The molecule has 2 aromatic heterocycles. The fourth-order valence-corrected chi connectivity index (χ4v) is 3.58. The molecule has 1 unspecified atom stereocenters. The van der Waals surface area contributed by atoms with Crippen LogP contribution < -0.4 is 4.57 Å². The lowest BCUT2D eigenvalue weighted by molar-refractivity contribution is -0.677. The average Bonchev–Trinajstić information content (AvgIpc) is 3.31. The van der Waals surface area contributed by atoms with E-state index in [2.05, 4.69) is 18.8 Å². The SMILES string of the molecule is Cc1c[n+]2c(n1Cc1ccco1)N=C1C2C(=O)N(CCC(C)C)C(=O)N1C. The molecule has 0 aliphatic carbocycles. The van der Waals surface area contributed by atoms with Crippen molar-refractivity contribution in [3.8, 4) is 0 Å². The first-order valence-corrected chi connectivity index (χ1v) is 9.19. The van der Waals surface area contributed by atoms with Crippen LogP contribution in [0.25, 0.3) is 0 Å². The first-order valence-electron chi connectivity index (χ1n) is 9.19. The molecule has 142 valence electrons. The Morgan fingerprint density at radius 1 is 1.33 bits per heavy atom. The van der Waals surface area contributed by atoms with Gasteiger partial charge in [0.1, 0.15) is 24.2 Å². The van der Waals surface area contributed by atoms with Crippen molar-refractivity contribution in [2.24, 2.45) is 10.9 Å². The van der Waals surface area contributed by atoms with Gasteiger partial charge in [0.25, 0.3) is 5.91 Å². The molecule has 8 heteroatoms. The molecule has 1 atom stereocenters. The number of imide groups is 1. The van der Waals surface area contributed by atoms with Crippen LogP contribution in [0.2, 0.25) is 0 Å². The number of urea groups is 1. The highest BCUT2D eigenvalue weighted by Gasteiger charge is 2.53. The maximum Gasteiger partial charge on any atom is 0.402 e. The summed E-state index contributed by atoms with van der Waals surface area (Å²) in [5, 5.41) is 0. The first kappa shape index (κ1) is 17.5. The summed E-state index contributed by atoms with van der Waals surface area (Å²) in [6.45, 7) is 7.08. The second-order valence-corrected chi connectivity index (χ2v) is 7.53. The quantitative estimate of drug-likeness (QED) is 0.758. The van der Waals surface area contributed by atoms with Crippen LogP contribution in [0.15, 0.2) is 34.0 Å². The molecule has 1 fully saturated rings. The standard InChI is InChI=1S/C19H24N5O3/c1-12(2)7-8-22-17(25)15-16(21(4)19(22)26)20-18-23(13(3)10-24(15)18)11-14-6-5-9-27-14/h5-6,9-10,12,15H,7-8,11H2,1-4H3/q+1. The largest absolute Gasteiger partial charge is 0.466 e. The molecule has 27 heavy (non-hydrogen) atoms. The third-order valence-corrected chi connectivity index (χ3v) is 5.15. The molecule has 0 spiro atoms. The number of aromatic nitrogens is 2. The number of aliphatic imine (C=N–C) groups is 1. The zero-order valence-electron chi connectivity index (χ0n) is 16.0. The van der Waals surface area contributed by atoms with Gasteiger partial charge in [-0.3, -0.25) is 14.6 Å². The molecule has 0 bridgehead atoms. The number of likely N-dealkylation sites (N-methyl/N-ethyl adjacent to an activating group) is 1. The van der Waals surface area contributed by atoms with Crippen LogP contribution in [0, 0.1) is 12.8 Å². The number of amidine groups is 1. The lowest BCUT2D eigenvalue weighted by atomic mass is 10.1. The summed E-state index contributed by atoms with van der Waals surface area (Å²) in [7, 11) is 1.68. The Labute approximate surface area is 157 Å². The summed E-state index contributed by atoms with van der Waals surface area (Å²) in [5.74, 6) is 2.14. The highest BCUT2D eigenvalue weighted by atomic mass is 16.3. The Morgan fingerprint density at radius 2 is 2.11 bits per heavy atom. The normalized spacial score (nSPS) is 19.0. The van der Waals surface area contributed by atoms with Crippen LogP contribution >= 0.6 is 0 Å². The van der Waals surface area contributed by atoms with Crippen molar-refractivity contribution in [2.75, 3.05) is 13.6 Å². The van der Waals surface area contributed by atoms with Gasteiger partial charge >= 0.3 is 12.0 Å². The lowest BCUT2D eigenvalue weighted by Gasteiger charge is -2.33. The van der Waals surface area contributed by atoms with Crippen molar-refractivity contribution in [1.82, 2.24) is 14.4 Å². The van der Waals surface area contributed by atoms with Gasteiger partial charge < -0.3 is 4.42 Å². The number of aryl methyl sites for hydroxylation is 1. The van der Waals surface area contributed by atoms with Crippen LogP contribution in [0.4, 0.5) is 10.7 Å². The highest BCUT2D eigenvalue weighted by Crippen LogP contribution is 2.30. The minimum atomic E-state index is -0.591. The molecule has 0 N–H and O–H groups in total. The number of hydrogen-bond acceptors (Lipinski definition) is 4. The summed E-state index contributed by atoms with van der Waals surface area (Å²) in [6, 6.07) is 2.85. The third-order valence-electron chi connectivity index (χ3n) is 5.15. The summed E-state index contributed by atoms with van der Waals surface area (Å²) in [4.78, 5) is 33.3. The Balaban J connectivity index is 1.70. The molecular weight excluding hydrogens is 346 g/mol. The van der Waals surface area contributed by atoms with Gasteiger partial charge in [0, 0.05) is 13.6 Å². The number of carbonyl (C=O) groups excluding carboxylic acids is 2. The van der Waals surface area contributed by atoms with E-state index in [4.69, 9.17) is 4.42 Å². The van der Waals surface area contributed by atoms with E-state index in [1.54, 1.807) is 13.3 Å². The lowest BCUT2D eigenvalue weighted by Crippen LogP contribution is -2.62. The zero-order chi connectivity index (χ0) is 19.3. The molecular formula is C19H24N5O3+. The highest BCUT2D eigenvalue weighted by molar-refractivity contribution is 6.19. The van der Waals surface area contributed by atoms with E-state index in [1.807, 2.05) is 34.4 Å². The average molecular weight is 370 g/mol. The molecule has 4 heterocycles. The summed E-state index contributed by atoms with van der Waals surface area (Å²) < 4.78 is 9.31. The molecule has 2 aliphatic heterocycles. The van der Waals surface area contributed by atoms with Gasteiger partial charge in [-0.25, -0.2) is 13.9 Å². The number of fused-ring (bicyclic) bond motifs is 3. The fourth-order valence-electron chi connectivity index (χ4n) is 3.58. The number of nitrogens with zero attached hydrogens (tertiary/aromatic N) is 5. The number of carbonyl (C=O) groups is 2. The van der Waals surface area contributed by atoms with Gasteiger partial charge in [0.05, 0.1) is 6.26 Å². The summed E-state index contributed by atoms with van der Waals surface area (Å²) >= 11 is 0. The summed E-state index contributed by atoms with van der Waals surface area (Å²) in [5.41, 5.74) is 0.977. The Hall–Kier alpha value is -2.90. The van der Waals surface area contributed by atoms with Crippen molar-refractivity contribution in [1.29, 1.82) is 0 Å². The molecule has 2 aromatic rings. The van der Waals surface area contributed by atoms with Crippen molar-refractivity contribution in [3.63, 3.8) is 0 Å². The van der Waals surface area contributed by atoms with E-state index >= 15 is 0 Å². The molecule has 2 aliphatic rings. The van der Waals surface area contributed by atoms with E-state index in [9.17, 15) is 9.59 Å². The van der Waals surface area contributed by atoms with Crippen LogP contribution in [0.3, 0.4) is 0 Å². The van der Waals surface area contributed by atoms with E-state index in [0.29, 0.717) is 30.8 Å². The Morgan fingerprint density at radius 3 is 2.78 bits per heavy atom. The second kappa shape index (κ2) is 6.37. The minimum absolute atomic E-state index is 0.212. The maximum absolute atomic E-state index is 13.1. The van der Waals surface area contributed by atoms with Crippen molar-refractivity contribution in [3.05, 3.63) is 36.0 Å². The molecule has 4 rings (SSSR count). The second-order valence-electron chi connectivity index (χ2n) is 7.53. The van der Waals surface area contributed by atoms with Gasteiger partial charge in [-0.15, -0.1) is 0 Å². The molecule has 0 aromatic carbocycles. The van der Waals surface area contributed by atoms with Crippen LogP contribution in [0.1, 0.15) is 37.8 Å². The first-order chi connectivity index (χ1) is 12.9. The van der Waals surface area contributed by atoms with Gasteiger partial charge in [-0.05, 0) is 31.4 Å². The van der Waals surface area contributed by atoms with Crippen molar-refractivity contribution >= 4 is 23.7 Å². The predicted octanol–water partition coefficient (Wildman–Crippen LogP) is 2.25. The summed E-state index contributed by atoms with van der Waals surface area (Å²) in [6.07, 6.45) is 4.33. The monoisotopic (exact) mass is 370 g/mol. The minimum Gasteiger partial charge on any atom is -0.466 e. The predicted molar refractivity (Wildman–Crippen MR) is 97.6 cm³/mol. The molecule has 1 saturated heterocycles. The number of hydrogen-bond donors (Lipinski definition) is 0. The molecule has 8 nitrogen and oxygen atoms in total. The number of amides is 3. The van der Waals surface area contributed by atoms with Crippen molar-refractivity contribution < 1.29 is 18.6 Å². The van der Waals surface area contributed by atoms with Gasteiger partial charge in [-0.2, -0.15) is 0 Å². The number of imidazole rings is 1. The van der Waals surface area contributed by atoms with Crippen molar-refractivity contribution in [2.45, 2.75) is 39.8 Å². The number of furan rings is 1. The fraction of sp³-hybridized carbons (Fsp3) is 0.474. The Bertz CT molecular complexity index is 926. The van der Waals surface area contributed by atoms with E-state index in [-0.39, 0.29) is 11.9 Å². The van der Waals surface area contributed by atoms with Crippen LogP contribution in [-0.2, 0) is 11.3 Å². The van der Waals surface area contributed by atoms with Gasteiger partial charge in [0.2, 0.25) is 11.9 Å². The third kappa shape index (κ3) is 2.75. The smallest absolute Gasteiger partial charge is 0.402 e. The molecule has 0 radical (unpaired) electrons. The molecule has 3 amide bonds. The van der Waals surface area contributed by atoms with Gasteiger partial charge in [0.15, 0.2) is 0 Å². The van der Waals surface area contributed by atoms with E-state index < -0.39 is 6.04 Å². The number of rotatable bonds is 5. The van der Waals surface area contributed by atoms with Gasteiger partial charge in [-0.1, -0.05) is 18.8 Å². The topological polar surface area (TPSA) is 74.9 Å². The van der Waals surface area contributed by atoms with E-state index in [0.717, 1.165) is 17.9 Å². The Kier molecular flexibility index (Phi) is 4.13. The van der Waals surface area contributed by atoms with Crippen LogP contribution in [0.5, 0.6) is 0 Å². The van der Waals surface area contributed by atoms with Crippen LogP contribution in [-0.4, -0.2) is 45.7 Å².